The number of furan rings is 1. The van der Waals surface area contributed by atoms with Gasteiger partial charge in [-0.3, -0.25) is 10.1 Å². The second-order valence-electron chi connectivity index (χ2n) is 3.67. The number of hydrogen-bond acceptors (Lipinski definition) is 3. The number of carbonyl (C=O) groups excluding carboxylic acids is 2. The molecule has 1 rings (SSSR count). The molecule has 0 fully saturated rings. The van der Waals surface area contributed by atoms with Crippen LogP contribution < -0.4 is 10.6 Å². The Balaban J connectivity index is 2.22. The van der Waals surface area contributed by atoms with Gasteiger partial charge in [0, 0.05) is 12.5 Å². The molecule has 17 heavy (non-hydrogen) atoms. The molecule has 3 amide bonds. The third kappa shape index (κ3) is 5.40. The lowest BCUT2D eigenvalue weighted by molar-refractivity contribution is -0.117. The van der Waals surface area contributed by atoms with Crippen LogP contribution in [0.2, 0.25) is 0 Å². The van der Waals surface area contributed by atoms with Gasteiger partial charge in [0.25, 0.3) is 0 Å². The summed E-state index contributed by atoms with van der Waals surface area (Å²) in [7, 11) is 0. The molecule has 2 N–H and O–H groups in total. The van der Waals surface area contributed by atoms with E-state index in [4.69, 9.17) is 16.0 Å². The molecule has 1 unspecified atom stereocenters. The molecule has 0 aliphatic rings. The zero-order chi connectivity index (χ0) is 12.7. The van der Waals surface area contributed by atoms with E-state index in [0.717, 1.165) is 18.6 Å². The first-order valence-electron chi connectivity index (χ1n) is 5.30. The number of rotatable bonds is 5. The van der Waals surface area contributed by atoms with E-state index < -0.39 is 11.9 Å². The molecule has 6 heteroatoms. The first-order valence-corrected chi connectivity index (χ1v) is 5.84. The molecule has 1 aromatic heterocycles. The summed E-state index contributed by atoms with van der Waals surface area (Å²) >= 11 is 5.26. The first-order chi connectivity index (χ1) is 8.11. The van der Waals surface area contributed by atoms with Crippen LogP contribution in [0.5, 0.6) is 0 Å². The average molecular weight is 259 g/mol. The molecule has 0 aliphatic carbocycles. The molecule has 1 heterocycles. The lowest BCUT2D eigenvalue weighted by Crippen LogP contribution is -2.44. The summed E-state index contributed by atoms with van der Waals surface area (Å²) in [6, 6.07) is 3.12. The van der Waals surface area contributed by atoms with Gasteiger partial charge in [-0.2, -0.15) is 0 Å². The lowest BCUT2D eigenvalue weighted by atomic mass is 10.1. The standard InChI is InChI=1S/C11H15ClN2O3/c1-8(4-5-9-3-2-6-17-9)13-11(16)14-10(15)7-12/h2-3,6,8H,4-5,7H2,1H3,(H2,13,14,15,16). The van der Waals surface area contributed by atoms with Crippen molar-refractivity contribution >= 4 is 23.5 Å². The number of carbonyl (C=O) groups is 2. The van der Waals surface area contributed by atoms with Crippen molar-refractivity contribution in [1.29, 1.82) is 0 Å². The molecular formula is C11H15ClN2O3. The SMILES string of the molecule is CC(CCc1ccco1)NC(=O)NC(=O)CCl. The molecule has 94 valence electrons. The zero-order valence-corrected chi connectivity index (χ0v) is 10.3. The topological polar surface area (TPSA) is 71.3 Å². The number of amides is 3. The average Bonchev–Trinajstić information content (AvgIpc) is 2.78. The Bertz CT molecular complexity index is 365. The van der Waals surface area contributed by atoms with Crippen LogP contribution in [0.1, 0.15) is 19.1 Å². The summed E-state index contributed by atoms with van der Waals surface area (Å²) in [5, 5.41) is 4.75. The van der Waals surface area contributed by atoms with Crippen molar-refractivity contribution in [2.75, 3.05) is 5.88 Å². The maximum absolute atomic E-state index is 11.3. The zero-order valence-electron chi connectivity index (χ0n) is 9.53. The number of imide groups is 1. The molecule has 0 aromatic carbocycles. The van der Waals surface area contributed by atoms with Gasteiger partial charge >= 0.3 is 6.03 Å². The van der Waals surface area contributed by atoms with Crippen LogP contribution in [0.4, 0.5) is 4.79 Å². The minimum Gasteiger partial charge on any atom is -0.469 e. The smallest absolute Gasteiger partial charge is 0.321 e. The van der Waals surface area contributed by atoms with Crippen LogP contribution in [0.15, 0.2) is 22.8 Å². The van der Waals surface area contributed by atoms with Gasteiger partial charge in [-0.15, -0.1) is 11.6 Å². The molecule has 5 nitrogen and oxygen atoms in total. The van der Waals surface area contributed by atoms with Crippen molar-refractivity contribution in [2.24, 2.45) is 0 Å². The van der Waals surface area contributed by atoms with Crippen molar-refractivity contribution in [2.45, 2.75) is 25.8 Å². The predicted octanol–water partition coefficient (Wildman–Crippen LogP) is 1.67. The number of alkyl halides is 1. The van der Waals surface area contributed by atoms with Crippen LogP contribution in [0.25, 0.3) is 0 Å². The highest BCUT2D eigenvalue weighted by Gasteiger charge is 2.10. The fourth-order valence-corrected chi connectivity index (χ4v) is 1.37. The minimum absolute atomic E-state index is 0.0526. The monoisotopic (exact) mass is 258 g/mol. The normalized spacial score (nSPS) is 11.9. The summed E-state index contributed by atoms with van der Waals surface area (Å²) in [6.45, 7) is 1.85. The predicted molar refractivity (Wildman–Crippen MR) is 63.9 cm³/mol. The number of urea groups is 1. The van der Waals surface area contributed by atoms with Crippen LogP contribution in [-0.2, 0) is 11.2 Å². The van der Waals surface area contributed by atoms with E-state index in [0.29, 0.717) is 0 Å². The van der Waals surface area contributed by atoms with Crippen LogP contribution >= 0.6 is 11.6 Å². The summed E-state index contributed by atoms with van der Waals surface area (Å²) < 4.78 is 5.17. The number of halogens is 1. The first kappa shape index (κ1) is 13.6. The molecular weight excluding hydrogens is 244 g/mol. The van der Waals surface area contributed by atoms with Gasteiger partial charge in [0.1, 0.15) is 11.6 Å². The Labute approximate surface area is 105 Å². The molecule has 0 spiro atoms. The highest BCUT2D eigenvalue weighted by Crippen LogP contribution is 2.05. The molecule has 0 saturated heterocycles. The van der Waals surface area contributed by atoms with E-state index >= 15 is 0 Å². The van der Waals surface area contributed by atoms with Crippen molar-refractivity contribution in [1.82, 2.24) is 10.6 Å². The van der Waals surface area contributed by atoms with Crippen molar-refractivity contribution in [3.63, 3.8) is 0 Å². The molecule has 0 radical (unpaired) electrons. The van der Waals surface area contributed by atoms with Crippen LogP contribution in [0.3, 0.4) is 0 Å². The van der Waals surface area contributed by atoms with Gasteiger partial charge in [0.05, 0.1) is 6.26 Å². The van der Waals surface area contributed by atoms with E-state index in [1.165, 1.54) is 0 Å². The fraction of sp³-hybridized carbons (Fsp3) is 0.455. The Kier molecular flexibility index (Phi) is 5.56. The Morgan fingerprint density at radius 1 is 1.53 bits per heavy atom. The highest BCUT2D eigenvalue weighted by molar-refractivity contribution is 6.28. The third-order valence-corrected chi connectivity index (χ3v) is 2.40. The minimum atomic E-state index is -0.525. The van der Waals surface area contributed by atoms with Crippen molar-refractivity contribution < 1.29 is 14.0 Å². The quantitative estimate of drug-likeness (QED) is 0.789. The van der Waals surface area contributed by atoms with Gasteiger partial charge < -0.3 is 9.73 Å². The Morgan fingerprint density at radius 3 is 2.88 bits per heavy atom. The summed E-state index contributed by atoms with van der Waals surface area (Å²) in [6.07, 6.45) is 3.08. The molecule has 0 saturated carbocycles. The Hall–Kier alpha value is -1.49. The maximum Gasteiger partial charge on any atom is 0.321 e. The van der Waals surface area contributed by atoms with E-state index in [9.17, 15) is 9.59 Å². The highest BCUT2D eigenvalue weighted by atomic mass is 35.5. The molecule has 1 aromatic rings. The molecule has 0 bridgehead atoms. The van der Waals surface area contributed by atoms with Crippen LogP contribution in [-0.4, -0.2) is 23.9 Å². The van der Waals surface area contributed by atoms with Crippen LogP contribution in [0, 0.1) is 0 Å². The largest absolute Gasteiger partial charge is 0.469 e. The summed E-state index contributed by atoms with van der Waals surface area (Å²) in [5.41, 5.74) is 0. The van der Waals surface area contributed by atoms with E-state index in [2.05, 4.69) is 10.6 Å². The van der Waals surface area contributed by atoms with Gasteiger partial charge in [-0.1, -0.05) is 0 Å². The summed E-state index contributed by atoms with van der Waals surface area (Å²) in [5.74, 6) is 0.132. The number of aryl methyl sites for hydroxylation is 1. The fourth-order valence-electron chi connectivity index (χ4n) is 1.31. The van der Waals surface area contributed by atoms with E-state index in [-0.39, 0.29) is 11.9 Å². The van der Waals surface area contributed by atoms with Crippen molar-refractivity contribution in [3.8, 4) is 0 Å². The van der Waals surface area contributed by atoms with Gasteiger partial charge in [0.2, 0.25) is 5.91 Å². The van der Waals surface area contributed by atoms with Gasteiger partial charge in [0.15, 0.2) is 0 Å². The maximum atomic E-state index is 11.3. The molecule has 1 atom stereocenters. The summed E-state index contributed by atoms with van der Waals surface area (Å²) in [4.78, 5) is 22.1. The third-order valence-electron chi connectivity index (χ3n) is 2.16. The van der Waals surface area contributed by atoms with E-state index in [1.807, 2.05) is 19.1 Å². The second kappa shape index (κ2) is 6.96. The second-order valence-corrected chi connectivity index (χ2v) is 3.94. The molecule has 0 aliphatic heterocycles. The lowest BCUT2D eigenvalue weighted by Gasteiger charge is -2.12. The van der Waals surface area contributed by atoms with Gasteiger partial charge in [-0.05, 0) is 25.5 Å². The Morgan fingerprint density at radius 2 is 2.29 bits per heavy atom. The number of hydrogen-bond donors (Lipinski definition) is 2. The van der Waals surface area contributed by atoms with Gasteiger partial charge in [-0.25, -0.2) is 4.79 Å². The van der Waals surface area contributed by atoms with Crippen molar-refractivity contribution in [3.05, 3.63) is 24.2 Å². The number of nitrogens with one attached hydrogen (secondary N) is 2. The van der Waals surface area contributed by atoms with E-state index in [1.54, 1.807) is 6.26 Å².